The van der Waals surface area contributed by atoms with Crippen molar-refractivity contribution in [1.29, 1.82) is 0 Å². The average molecular weight is 392 g/mol. The molecular formula is C22H32O6. The first-order valence-corrected chi connectivity index (χ1v) is 10.7. The van der Waals surface area contributed by atoms with Gasteiger partial charge in [-0.3, -0.25) is 4.79 Å². The van der Waals surface area contributed by atoms with Gasteiger partial charge in [0.25, 0.3) is 0 Å². The summed E-state index contributed by atoms with van der Waals surface area (Å²) < 4.78 is 11.5. The Balaban J connectivity index is 1.64. The minimum Gasteiger partial charge on any atom is -0.465 e. The smallest absolute Gasteiger partial charge is 0.302 e. The Kier molecular flexibility index (Phi) is 3.80. The SMILES string of the molecule is C=C1[C@@H]2CC[C@H]3[C@]45CCC[C@@](C)(COC(C)=O)[C@H]4[C@H](O)[C@@](O)(OC5)[C@]3(C2)[C@@H]1O. The van der Waals surface area contributed by atoms with Gasteiger partial charge in [-0.05, 0) is 49.5 Å². The lowest BCUT2D eigenvalue weighted by Gasteiger charge is -2.74. The van der Waals surface area contributed by atoms with Crippen molar-refractivity contribution in [2.75, 3.05) is 13.2 Å². The summed E-state index contributed by atoms with van der Waals surface area (Å²) in [7, 11) is 0. The van der Waals surface area contributed by atoms with Crippen molar-refractivity contribution in [1.82, 2.24) is 0 Å². The number of aliphatic hydroxyl groups is 3. The van der Waals surface area contributed by atoms with Gasteiger partial charge in [0.1, 0.15) is 6.10 Å². The Hall–Kier alpha value is -0.950. The zero-order valence-corrected chi connectivity index (χ0v) is 16.8. The molecule has 4 saturated carbocycles. The fourth-order valence-corrected chi connectivity index (χ4v) is 8.41. The van der Waals surface area contributed by atoms with Crippen LogP contribution in [0.5, 0.6) is 0 Å². The number of carbonyl (C=O) groups is 1. The number of ether oxygens (including phenoxy) is 2. The Bertz CT molecular complexity index is 737. The molecule has 28 heavy (non-hydrogen) atoms. The monoisotopic (exact) mass is 392 g/mol. The zero-order valence-electron chi connectivity index (χ0n) is 16.8. The van der Waals surface area contributed by atoms with Crippen molar-refractivity contribution in [3.63, 3.8) is 0 Å². The number of carbonyl (C=O) groups excluding carboxylic acids is 1. The van der Waals surface area contributed by atoms with Crippen molar-refractivity contribution in [2.24, 2.45) is 34.0 Å². The molecule has 0 radical (unpaired) electrons. The maximum absolute atomic E-state index is 11.8. The molecule has 4 bridgehead atoms. The molecular weight excluding hydrogens is 360 g/mol. The normalized spacial score (nSPS) is 56.9. The first-order valence-electron chi connectivity index (χ1n) is 10.7. The highest BCUT2D eigenvalue weighted by Gasteiger charge is 2.82. The number of aliphatic hydroxyl groups excluding tert-OH is 2. The van der Waals surface area contributed by atoms with E-state index < -0.39 is 28.8 Å². The third-order valence-electron chi connectivity index (χ3n) is 9.38. The van der Waals surface area contributed by atoms with Crippen molar-refractivity contribution in [3.05, 3.63) is 12.2 Å². The second-order valence-corrected chi connectivity index (χ2v) is 10.5. The molecule has 2 aliphatic heterocycles. The van der Waals surface area contributed by atoms with Crippen LogP contribution in [0.4, 0.5) is 0 Å². The van der Waals surface area contributed by atoms with Gasteiger partial charge in [0.05, 0.1) is 24.7 Å². The molecule has 0 aromatic rings. The number of esters is 1. The quantitative estimate of drug-likeness (QED) is 0.490. The van der Waals surface area contributed by atoms with Gasteiger partial charge < -0.3 is 24.8 Å². The summed E-state index contributed by atoms with van der Waals surface area (Å²) in [4.78, 5) is 11.5. The van der Waals surface area contributed by atoms with Gasteiger partial charge in [-0.25, -0.2) is 0 Å². The van der Waals surface area contributed by atoms with Gasteiger partial charge in [-0.2, -0.15) is 0 Å². The minimum atomic E-state index is -1.80. The molecule has 2 saturated heterocycles. The molecule has 0 aromatic carbocycles. The fraction of sp³-hybridized carbons (Fsp3) is 0.864. The lowest BCUT2D eigenvalue weighted by Crippen LogP contribution is -2.82. The van der Waals surface area contributed by atoms with Gasteiger partial charge in [-0.1, -0.05) is 19.9 Å². The van der Waals surface area contributed by atoms with Crippen LogP contribution in [-0.2, 0) is 14.3 Å². The van der Waals surface area contributed by atoms with Crippen molar-refractivity contribution in [3.8, 4) is 0 Å². The molecule has 0 aromatic heterocycles. The molecule has 9 atom stereocenters. The van der Waals surface area contributed by atoms with E-state index in [-0.39, 0.29) is 35.7 Å². The third-order valence-corrected chi connectivity index (χ3v) is 9.38. The van der Waals surface area contributed by atoms with E-state index in [1.807, 2.05) is 0 Å². The Morgan fingerprint density at radius 2 is 2.07 bits per heavy atom. The fourth-order valence-electron chi connectivity index (χ4n) is 8.41. The van der Waals surface area contributed by atoms with E-state index in [0.29, 0.717) is 13.0 Å². The highest BCUT2D eigenvalue weighted by Crippen LogP contribution is 2.77. The number of hydrogen-bond donors (Lipinski definition) is 3. The van der Waals surface area contributed by atoms with Crippen LogP contribution in [-0.4, -0.2) is 52.5 Å². The summed E-state index contributed by atoms with van der Waals surface area (Å²) in [6, 6.07) is 0. The summed E-state index contributed by atoms with van der Waals surface area (Å²) in [6.45, 7) is 8.22. The second-order valence-electron chi connectivity index (χ2n) is 10.5. The molecule has 3 N–H and O–H groups in total. The standard InChI is InChI=1S/C22H32O6/c1-12-14-5-6-15-20-8-4-7-19(3,10-27-13(2)23)16(20)18(25)22(26,28-11-20)21(15,9-14)17(12)24/h14-18,24-26H,1,4-11H2,2-3H3/t14-,15+,16-,17-,18+,19+,20-,21+,22-/m1/s1. The molecule has 6 rings (SSSR count). The topological polar surface area (TPSA) is 96.2 Å². The molecule has 4 aliphatic carbocycles. The molecule has 0 unspecified atom stereocenters. The maximum atomic E-state index is 11.8. The van der Waals surface area contributed by atoms with Gasteiger partial charge in [-0.15, -0.1) is 0 Å². The van der Waals surface area contributed by atoms with E-state index in [4.69, 9.17) is 9.47 Å². The number of fused-ring (bicyclic) bond motifs is 2. The van der Waals surface area contributed by atoms with Crippen molar-refractivity contribution >= 4 is 5.97 Å². The Labute approximate surface area is 165 Å². The highest BCUT2D eigenvalue weighted by molar-refractivity contribution is 5.65. The molecule has 2 spiro atoms. The van der Waals surface area contributed by atoms with E-state index in [2.05, 4.69) is 13.5 Å². The van der Waals surface area contributed by atoms with Crippen molar-refractivity contribution < 1.29 is 29.6 Å². The summed E-state index contributed by atoms with van der Waals surface area (Å²) in [5, 5.41) is 34.6. The molecule has 2 heterocycles. The summed E-state index contributed by atoms with van der Waals surface area (Å²) in [6.07, 6.45) is 3.19. The largest absolute Gasteiger partial charge is 0.465 e. The predicted molar refractivity (Wildman–Crippen MR) is 99.8 cm³/mol. The zero-order chi connectivity index (χ0) is 20.1. The summed E-state index contributed by atoms with van der Waals surface area (Å²) in [5.41, 5.74) is -0.861. The van der Waals surface area contributed by atoms with E-state index in [9.17, 15) is 20.1 Å². The van der Waals surface area contributed by atoms with Crippen LogP contribution in [0.15, 0.2) is 12.2 Å². The summed E-state index contributed by atoms with van der Waals surface area (Å²) in [5.74, 6) is -2.12. The van der Waals surface area contributed by atoms with Gasteiger partial charge in [0, 0.05) is 23.7 Å². The van der Waals surface area contributed by atoms with Crippen LogP contribution in [0.1, 0.15) is 52.4 Å². The molecule has 6 heteroatoms. The van der Waals surface area contributed by atoms with E-state index in [1.165, 1.54) is 6.92 Å². The number of hydrogen-bond acceptors (Lipinski definition) is 6. The van der Waals surface area contributed by atoms with Crippen LogP contribution in [0.3, 0.4) is 0 Å². The second kappa shape index (κ2) is 5.60. The van der Waals surface area contributed by atoms with Crippen LogP contribution in [0.25, 0.3) is 0 Å². The molecule has 156 valence electrons. The Morgan fingerprint density at radius 3 is 2.79 bits per heavy atom. The van der Waals surface area contributed by atoms with E-state index >= 15 is 0 Å². The van der Waals surface area contributed by atoms with Crippen LogP contribution in [0, 0.1) is 34.0 Å². The van der Waals surface area contributed by atoms with E-state index in [0.717, 1.165) is 37.7 Å². The van der Waals surface area contributed by atoms with Gasteiger partial charge >= 0.3 is 5.97 Å². The van der Waals surface area contributed by atoms with Crippen LogP contribution in [0.2, 0.25) is 0 Å². The summed E-state index contributed by atoms with van der Waals surface area (Å²) >= 11 is 0. The Morgan fingerprint density at radius 1 is 1.32 bits per heavy atom. The maximum Gasteiger partial charge on any atom is 0.302 e. The van der Waals surface area contributed by atoms with E-state index in [1.54, 1.807) is 0 Å². The molecule has 6 fully saturated rings. The predicted octanol–water partition coefficient (Wildman–Crippen LogP) is 1.77. The highest BCUT2D eigenvalue weighted by atomic mass is 16.6. The first-order chi connectivity index (χ1) is 13.1. The number of rotatable bonds is 2. The van der Waals surface area contributed by atoms with Crippen LogP contribution >= 0.6 is 0 Å². The lowest BCUT2D eigenvalue weighted by molar-refractivity contribution is -0.458. The van der Waals surface area contributed by atoms with Gasteiger partial charge in [0.2, 0.25) is 5.79 Å². The molecule has 0 amide bonds. The van der Waals surface area contributed by atoms with Gasteiger partial charge in [0.15, 0.2) is 0 Å². The third kappa shape index (κ3) is 1.91. The minimum absolute atomic E-state index is 0.0644. The first kappa shape index (κ1) is 19.0. The molecule has 6 nitrogen and oxygen atoms in total. The van der Waals surface area contributed by atoms with Crippen molar-refractivity contribution in [2.45, 2.75) is 70.4 Å². The average Bonchev–Trinajstić information content (AvgIpc) is 2.84. The lowest BCUT2D eigenvalue weighted by atomic mass is 9.36. The van der Waals surface area contributed by atoms with Crippen LogP contribution < -0.4 is 0 Å². The molecule has 6 aliphatic rings.